The third-order valence-electron chi connectivity index (χ3n) is 5.46. The highest BCUT2D eigenvalue weighted by Crippen LogP contribution is 2.49. The van der Waals surface area contributed by atoms with E-state index in [2.05, 4.69) is 5.32 Å². The number of aliphatic hydroxyl groups is 1. The molecule has 1 aliphatic heterocycles. The molecule has 6 heteroatoms. The van der Waals surface area contributed by atoms with Gasteiger partial charge in [0, 0.05) is 23.6 Å². The van der Waals surface area contributed by atoms with Gasteiger partial charge in [-0.2, -0.15) is 0 Å². The molecule has 0 amide bonds. The van der Waals surface area contributed by atoms with Crippen molar-refractivity contribution in [1.29, 1.82) is 0 Å². The van der Waals surface area contributed by atoms with E-state index in [1.165, 1.54) is 6.42 Å². The Morgan fingerprint density at radius 2 is 1.67 bits per heavy atom. The second-order valence-electron chi connectivity index (χ2n) is 6.59. The maximum Gasteiger partial charge on any atom is 0.164 e. The van der Waals surface area contributed by atoms with Crippen molar-refractivity contribution in [3.63, 3.8) is 0 Å². The van der Waals surface area contributed by atoms with Gasteiger partial charge in [-0.15, -0.1) is 12.4 Å². The molecule has 1 saturated heterocycles. The molecule has 1 aromatic rings. The average molecular weight is 358 g/mol. The zero-order chi connectivity index (χ0) is 16.4. The van der Waals surface area contributed by atoms with Crippen LogP contribution in [0.15, 0.2) is 12.1 Å². The van der Waals surface area contributed by atoms with E-state index in [0.717, 1.165) is 43.5 Å². The fourth-order valence-corrected chi connectivity index (χ4v) is 4.25. The van der Waals surface area contributed by atoms with Crippen LogP contribution >= 0.6 is 12.4 Å². The van der Waals surface area contributed by atoms with E-state index < -0.39 is 5.60 Å². The number of fused-ring (bicyclic) bond motifs is 1. The second-order valence-corrected chi connectivity index (χ2v) is 6.59. The lowest BCUT2D eigenvalue weighted by Crippen LogP contribution is -2.53. The quantitative estimate of drug-likeness (QED) is 0.867. The first-order valence-electron chi connectivity index (χ1n) is 8.38. The molecule has 0 aromatic heterocycles. The number of benzene rings is 1. The summed E-state index contributed by atoms with van der Waals surface area (Å²) in [5.41, 5.74) is 0.474. The predicted molar refractivity (Wildman–Crippen MR) is 95.6 cm³/mol. The van der Waals surface area contributed by atoms with Gasteiger partial charge in [0.05, 0.1) is 26.9 Å². The largest absolute Gasteiger partial charge is 0.496 e. The topological polar surface area (TPSA) is 60.0 Å². The van der Waals surface area contributed by atoms with Crippen molar-refractivity contribution in [1.82, 2.24) is 5.32 Å². The Labute approximate surface area is 150 Å². The summed E-state index contributed by atoms with van der Waals surface area (Å²) in [4.78, 5) is 0. The molecule has 1 aromatic carbocycles. The predicted octanol–water partition coefficient (Wildman–Crippen LogP) is 3.09. The van der Waals surface area contributed by atoms with Crippen molar-refractivity contribution in [3.8, 4) is 17.2 Å². The molecule has 0 bridgehead atoms. The Morgan fingerprint density at radius 3 is 2.33 bits per heavy atom. The summed E-state index contributed by atoms with van der Waals surface area (Å²) in [5.74, 6) is 2.32. The molecule has 2 N–H and O–H groups in total. The summed E-state index contributed by atoms with van der Waals surface area (Å²) in [6.07, 6.45) is 5.03. The molecule has 1 heterocycles. The van der Waals surface area contributed by atoms with Crippen LogP contribution in [-0.4, -0.2) is 38.6 Å². The van der Waals surface area contributed by atoms with Gasteiger partial charge in [0.25, 0.3) is 0 Å². The van der Waals surface area contributed by atoms with Crippen LogP contribution in [0.25, 0.3) is 0 Å². The molecule has 3 atom stereocenters. The zero-order valence-electron chi connectivity index (χ0n) is 14.6. The first-order valence-corrected chi connectivity index (χ1v) is 8.38. The van der Waals surface area contributed by atoms with Crippen LogP contribution in [-0.2, 0) is 0 Å². The van der Waals surface area contributed by atoms with Crippen molar-refractivity contribution < 1.29 is 19.3 Å². The van der Waals surface area contributed by atoms with Gasteiger partial charge in [0.1, 0.15) is 5.75 Å². The normalized spacial score (nSPS) is 29.2. The summed E-state index contributed by atoms with van der Waals surface area (Å²) in [6.45, 7) is 0.815. The van der Waals surface area contributed by atoms with Crippen LogP contribution in [0, 0.1) is 5.92 Å². The van der Waals surface area contributed by atoms with E-state index in [1.54, 1.807) is 21.3 Å². The van der Waals surface area contributed by atoms with Gasteiger partial charge in [-0.25, -0.2) is 0 Å². The number of ether oxygens (including phenoxy) is 3. The first kappa shape index (κ1) is 19.2. The smallest absolute Gasteiger partial charge is 0.164 e. The highest BCUT2D eigenvalue weighted by Gasteiger charge is 2.46. The van der Waals surface area contributed by atoms with Gasteiger partial charge >= 0.3 is 0 Å². The minimum Gasteiger partial charge on any atom is -0.496 e. The zero-order valence-corrected chi connectivity index (χ0v) is 15.4. The van der Waals surface area contributed by atoms with E-state index >= 15 is 0 Å². The van der Waals surface area contributed by atoms with Gasteiger partial charge in [0.15, 0.2) is 11.5 Å². The van der Waals surface area contributed by atoms with Crippen LogP contribution < -0.4 is 19.5 Å². The van der Waals surface area contributed by atoms with Gasteiger partial charge in [-0.05, 0) is 31.9 Å². The van der Waals surface area contributed by atoms with E-state index in [-0.39, 0.29) is 24.4 Å². The third kappa shape index (κ3) is 3.30. The fourth-order valence-electron chi connectivity index (χ4n) is 4.25. The summed E-state index contributed by atoms with van der Waals surface area (Å²) < 4.78 is 16.4. The number of methoxy groups -OCH3 is 3. The van der Waals surface area contributed by atoms with Crippen molar-refractivity contribution in [2.24, 2.45) is 5.92 Å². The lowest BCUT2D eigenvalue weighted by molar-refractivity contribution is -0.0863. The van der Waals surface area contributed by atoms with Crippen LogP contribution in [0.4, 0.5) is 0 Å². The minimum absolute atomic E-state index is 0. The molecule has 136 valence electrons. The maximum atomic E-state index is 11.1. The van der Waals surface area contributed by atoms with E-state index in [9.17, 15) is 5.11 Å². The van der Waals surface area contributed by atoms with Crippen LogP contribution in [0.5, 0.6) is 17.2 Å². The van der Waals surface area contributed by atoms with Crippen molar-refractivity contribution in [3.05, 3.63) is 17.7 Å². The number of piperidine rings is 1. The number of hydrogen-bond acceptors (Lipinski definition) is 5. The van der Waals surface area contributed by atoms with Crippen LogP contribution in [0.1, 0.15) is 43.7 Å². The summed E-state index contributed by atoms with van der Waals surface area (Å²) in [7, 11) is 4.93. The molecule has 3 rings (SSSR count). The Hall–Kier alpha value is -1.17. The number of nitrogens with one attached hydrogen (secondary N) is 1. The number of rotatable bonds is 4. The Morgan fingerprint density at radius 1 is 1.00 bits per heavy atom. The highest BCUT2D eigenvalue weighted by molar-refractivity contribution is 5.85. The molecule has 1 aliphatic carbocycles. The lowest BCUT2D eigenvalue weighted by atomic mass is 9.66. The van der Waals surface area contributed by atoms with E-state index in [1.807, 2.05) is 12.1 Å². The molecule has 2 aliphatic rings. The van der Waals surface area contributed by atoms with Gasteiger partial charge < -0.3 is 24.6 Å². The Balaban J connectivity index is 0.00000208. The SMILES string of the molecule is COc1cc(OC)c([C@H]2NCC[C@@]3(O)CCCC[C@H]23)cc1OC.Cl. The molecule has 0 spiro atoms. The summed E-state index contributed by atoms with van der Waals surface area (Å²) in [5, 5.41) is 14.7. The molecule has 1 saturated carbocycles. The summed E-state index contributed by atoms with van der Waals surface area (Å²) >= 11 is 0. The van der Waals surface area contributed by atoms with Gasteiger partial charge in [-0.3, -0.25) is 0 Å². The van der Waals surface area contributed by atoms with Gasteiger partial charge in [-0.1, -0.05) is 12.8 Å². The molecule has 0 unspecified atom stereocenters. The van der Waals surface area contributed by atoms with Crippen molar-refractivity contribution >= 4 is 12.4 Å². The first-order chi connectivity index (χ1) is 11.1. The van der Waals surface area contributed by atoms with Crippen LogP contribution in [0.2, 0.25) is 0 Å². The molecule has 0 radical (unpaired) electrons. The van der Waals surface area contributed by atoms with E-state index in [4.69, 9.17) is 14.2 Å². The van der Waals surface area contributed by atoms with E-state index in [0.29, 0.717) is 11.5 Å². The van der Waals surface area contributed by atoms with Gasteiger partial charge in [0.2, 0.25) is 0 Å². The molecular weight excluding hydrogens is 330 g/mol. The minimum atomic E-state index is -0.563. The Kier molecular flexibility index (Phi) is 6.23. The lowest BCUT2D eigenvalue weighted by Gasteiger charge is -2.48. The maximum absolute atomic E-state index is 11.1. The standard InChI is InChI=1S/C18H27NO4.ClH/c1-21-14-11-16(23-3)15(22-2)10-12(14)17-13-6-4-5-7-18(13,20)8-9-19-17;/h10-11,13,17,19-20H,4-9H2,1-3H3;1H/t13-,17-,18+;/m1./s1. The van der Waals surface area contributed by atoms with Crippen LogP contribution in [0.3, 0.4) is 0 Å². The van der Waals surface area contributed by atoms with Crippen molar-refractivity contribution in [2.45, 2.75) is 43.7 Å². The molecule has 5 nitrogen and oxygen atoms in total. The highest BCUT2D eigenvalue weighted by atomic mass is 35.5. The summed E-state index contributed by atoms with van der Waals surface area (Å²) in [6, 6.07) is 3.92. The third-order valence-corrected chi connectivity index (χ3v) is 5.46. The average Bonchev–Trinajstić information content (AvgIpc) is 2.59. The second kappa shape index (κ2) is 7.81. The monoisotopic (exact) mass is 357 g/mol. The Bertz CT molecular complexity index is 564. The molecule has 24 heavy (non-hydrogen) atoms. The molecule has 2 fully saturated rings. The number of halogens is 1. The van der Waals surface area contributed by atoms with Crippen molar-refractivity contribution in [2.75, 3.05) is 27.9 Å². The fraction of sp³-hybridized carbons (Fsp3) is 0.667. The number of hydrogen-bond donors (Lipinski definition) is 2. The molecular formula is C18H28ClNO4.